The van der Waals surface area contributed by atoms with Gasteiger partial charge < -0.3 is 14.9 Å². The van der Waals surface area contributed by atoms with Gasteiger partial charge in [-0.1, -0.05) is 68.0 Å². The molecule has 0 aliphatic heterocycles. The molecule has 0 atom stereocenters. The molecular weight excluding hydrogens is 515 g/mol. The number of aryl methyl sites for hydroxylation is 1. The fourth-order valence-corrected chi connectivity index (χ4v) is 4.56. The van der Waals surface area contributed by atoms with Crippen molar-refractivity contribution < 1.29 is 18.7 Å². The molecule has 0 saturated heterocycles. The molecule has 0 aromatic heterocycles. The topological polar surface area (TPSA) is 83.2 Å². The van der Waals surface area contributed by atoms with Crippen LogP contribution in [0.3, 0.4) is 0 Å². The summed E-state index contributed by atoms with van der Waals surface area (Å²) >= 11 is 0. The lowest BCUT2D eigenvalue weighted by atomic mass is 9.96. The first-order valence-electron chi connectivity index (χ1n) is 13.5. The summed E-state index contributed by atoms with van der Waals surface area (Å²) in [7, 11) is 0. The van der Waals surface area contributed by atoms with Crippen molar-refractivity contribution in [3.63, 3.8) is 0 Å². The Balaban J connectivity index is 1.37. The molecule has 4 aromatic carbocycles. The number of nitriles is 1. The van der Waals surface area contributed by atoms with Crippen LogP contribution in [0.15, 0.2) is 97.8 Å². The molecule has 0 aliphatic carbocycles. The standard InChI is InChI=1S/C35H31FN2O3/c1-2-40-20-6-4-3-5-7-25-8-11-27(12-9-25)32-19-15-29(22-30(32)24-38)35(39)41-31-16-13-28(14-17-31)33-18-10-26(23-37)21-34(33)36/h2,8-19,21-22,24,38H,1,3-7,20H2. The predicted molar refractivity (Wildman–Crippen MR) is 160 cm³/mol. The van der Waals surface area contributed by atoms with E-state index in [1.165, 1.54) is 24.1 Å². The quantitative estimate of drug-likeness (QED) is 0.0599. The minimum Gasteiger partial charge on any atom is -0.502 e. The smallest absolute Gasteiger partial charge is 0.343 e. The molecule has 0 spiro atoms. The monoisotopic (exact) mass is 546 g/mol. The van der Waals surface area contributed by atoms with Crippen molar-refractivity contribution in [3.8, 4) is 34.1 Å². The molecule has 0 unspecified atom stereocenters. The number of nitrogens with zero attached hydrogens (tertiary/aromatic N) is 1. The summed E-state index contributed by atoms with van der Waals surface area (Å²) in [5.41, 5.74) is 5.23. The van der Waals surface area contributed by atoms with Crippen molar-refractivity contribution in [1.29, 1.82) is 10.7 Å². The molecule has 206 valence electrons. The van der Waals surface area contributed by atoms with Gasteiger partial charge in [0, 0.05) is 17.3 Å². The molecule has 0 aliphatic rings. The molecule has 0 heterocycles. The second-order valence-corrected chi connectivity index (χ2v) is 9.57. The Kier molecular flexibility index (Phi) is 10.2. The van der Waals surface area contributed by atoms with Crippen LogP contribution in [0, 0.1) is 22.6 Å². The Hall–Kier alpha value is -5.02. The highest BCUT2D eigenvalue weighted by atomic mass is 19.1. The SMILES string of the molecule is C=COCCCCCCc1ccc(-c2ccc(C(=O)Oc3ccc(-c4ccc(C#N)cc4F)cc3)cc2C=N)cc1. The second-order valence-electron chi connectivity index (χ2n) is 9.57. The van der Waals surface area contributed by atoms with Gasteiger partial charge in [-0.2, -0.15) is 5.26 Å². The summed E-state index contributed by atoms with van der Waals surface area (Å²) in [5.74, 6) is -0.735. The molecule has 4 rings (SSSR count). The number of carbonyl (C=O) groups is 1. The van der Waals surface area contributed by atoms with Crippen LogP contribution in [-0.4, -0.2) is 18.8 Å². The fourth-order valence-electron chi connectivity index (χ4n) is 4.56. The van der Waals surface area contributed by atoms with E-state index in [1.807, 2.05) is 24.3 Å². The lowest BCUT2D eigenvalue weighted by Crippen LogP contribution is -2.09. The maximum Gasteiger partial charge on any atom is 0.343 e. The van der Waals surface area contributed by atoms with Crippen LogP contribution in [0.5, 0.6) is 5.75 Å². The molecule has 1 N–H and O–H groups in total. The first kappa shape index (κ1) is 29.0. The first-order valence-corrected chi connectivity index (χ1v) is 13.5. The third-order valence-corrected chi connectivity index (χ3v) is 6.78. The highest BCUT2D eigenvalue weighted by Crippen LogP contribution is 2.28. The summed E-state index contributed by atoms with van der Waals surface area (Å²) < 4.78 is 25.0. The Morgan fingerprint density at radius 2 is 1.56 bits per heavy atom. The van der Waals surface area contributed by atoms with E-state index >= 15 is 0 Å². The number of carbonyl (C=O) groups excluding carboxylic acids is 1. The number of unbranched alkanes of at least 4 members (excludes halogenated alkanes) is 3. The number of esters is 1. The van der Waals surface area contributed by atoms with Gasteiger partial charge in [0.1, 0.15) is 11.6 Å². The fraction of sp³-hybridized carbons (Fsp3) is 0.171. The minimum atomic E-state index is -0.552. The lowest BCUT2D eigenvalue weighted by molar-refractivity contribution is 0.0734. The molecule has 6 heteroatoms. The molecule has 5 nitrogen and oxygen atoms in total. The van der Waals surface area contributed by atoms with E-state index < -0.39 is 11.8 Å². The van der Waals surface area contributed by atoms with Crippen molar-refractivity contribution in [2.45, 2.75) is 32.1 Å². The third kappa shape index (κ3) is 7.77. The number of nitrogens with one attached hydrogen (secondary N) is 1. The Morgan fingerprint density at radius 1 is 0.878 bits per heavy atom. The molecule has 4 aromatic rings. The summed E-state index contributed by atoms with van der Waals surface area (Å²) in [4.78, 5) is 12.9. The number of hydrogen-bond donors (Lipinski definition) is 1. The zero-order chi connectivity index (χ0) is 29.0. The van der Waals surface area contributed by atoms with Gasteiger partial charge in [0.05, 0.1) is 30.1 Å². The van der Waals surface area contributed by atoms with Gasteiger partial charge in [0.25, 0.3) is 0 Å². The van der Waals surface area contributed by atoms with Gasteiger partial charge in [0.2, 0.25) is 0 Å². The molecule has 0 saturated carbocycles. The van der Waals surface area contributed by atoms with Crippen LogP contribution in [0.1, 0.15) is 52.7 Å². The van der Waals surface area contributed by atoms with Gasteiger partial charge in [-0.25, -0.2) is 9.18 Å². The summed E-state index contributed by atoms with van der Waals surface area (Å²) in [6.45, 7) is 4.27. The van der Waals surface area contributed by atoms with Crippen LogP contribution >= 0.6 is 0 Å². The average molecular weight is 547 g/mol. The zero-order valence-corrected chi connectivity index (χ0v) is 22.7. The summed E-state index contributed by atoms with van der Waals surface area (Å²) in [5, 5.41) is 16.8. The summed E-state index contributed by atoms with van der Waals surface area (Å²) in [6.07, 6.45) is 8.16. The van der Waals surface area contributed by atoms with Crippen LogP contribution in [-0.2, 0) is 11.2 Å². The van der Waals surface area contributed by atoms with E-state index in [4.69, 9.17) is 20.1 Å². The molecule has 0 radical (unpaired) electrons. The number of rotatable bonds is 13. The highest BCUT2D eigenvalue weighted by Gasteiger charge is 2.13. The number of ether oxygens (including phenoxy) is 2. The number of benzene rings is 4. The first-order chi connectivity index (χ1) is 20.0. The zero-order valence-electron chi connectivity index (χ0n) is 22.7. The maximum absolute atomic E-state index is 14.3. The van der Waals surface area contributed by atoms with Gasteiger partial charge in [0.15, 0.2) is 0 Å². The molecule has 0 bridgehead atoms. The van der Waals surface area contributed by atoms with Gasteiger partial charge in [-0.05, 0) is 77.9 Å². The largest absolute Gasteiger partial charge is 0.502 e. The highest BCUT2D eigenvalue weighted by molar-refractivity contribution is 5.96. The number of halogens is 1. The third-order valence-electron chi connectivity index (χ3n) is 6.78. The van der Waals surface area contributed by atoms with E-state index in [9.17, 15) is 9.18 Å². The lowest BCUT2D eigenvalue weighted by Gasteiger charge is -2.11. The predicted octanol–water partition coefficient (Wildman–Crippen LogP) is 8.51. The van der Waals surface area contributed by atoms with Gasteiger partial charge >= 0.3 is 5.97 Å². The van der Waals surface area contributed by atoms with Gasteiger partial charge in [-0.3, -0.25) is 0 Å². The van der Waals surface area contributed by atoms with E-state index in [0.717, 1.165) is 49.8 Å². The molecule has 0 fully saturated rings. The van der Waals surface area contributed by atoms with Crippen LogP contribution in [0.25, 0.3) is 22.3 Å². The van der Waals surface area contributed by atoms with E-state index in [-0.39, 0.29) is 5.56 Å². The normalized spacial score (nSPS) is 10.4. The number of hydrogen-bond acceptors (Lipinski definition) is 5. The second kappa shape index (κ2) is 14.4. The van der Waals surface area contributed by atoms with Crippen LogP contribution < -0.4 is 4.74 Å². The maximum atomic E-state index is 14.3. The van der Waals surface area contributed by atoms with E-state index in [1.54, 1.807) is 48.5 Å². The Bertz CT molecular complexity index is 1550. The van der Waals surface area contributed by atoms with Crippen LogP contribution in [0.2, 0.25) is 0 Å². The van der Waals surface area contributed by atoms with Crippen molar-refractivity contribution in [1.82, 2.24) is 0 Å². The molecular formula is C35H31FN2O3. The van der Waals surface area contributed by atoms with Crippen LogP contribution in [0.4, 0.5) is 4.39 Å². The Labute approximate surface area is 240 Å². The van der Waals surface area contributed by atoms with Crippen molar-refractivity contribution in [2.75, 3.05) is 6.61 Å². The van der Waals surface area contributed by atoms with E-state index in [0.29, 0.717) is 28.0 Å². The molecule has 41 heavy (non-hydrogen) atoms. The molecule has 0 amide bonds. The minimum absolute atomic E-state index is 0.247. The average Bonchev–Trinajstić information content (AvgIpc) is 3.01. The Morgan fingerprint density at radius 3 is 2.24 bits per heavy atom. The summed E-state index contributed by atoms with van der Waals surface area (Å²) in [6, 6.07) is 26.2. The van der Waals surface area contributed by atoms with Crippen molar-refractivity contribution in [2.24, 2.45) is 0 Å². The van der Waals surface area contributed by atoms with Crippen molar-refractivity contribution in [3.05, 3.63) is 126 Å². The van der Waals surface area contributed by atoms with Gasteiger partial charge in [-0.15, -0.1) is 0 Å². The van der Waals surface area contributed by atoms with E-state index in [2.05, 4.69) is 18.7 Å². The van der Waals surface area contributed by atoms with Crippen molar-refractivity contribution >= 4 is 12.2 Å².